The number of ether oxygens (including phenoxy) is 1. The number of nitrogens with zero attached hydrogens (tertiary/aromatic N) is 3. The van der Waals surface area contributed by atoms with Gasteiger partial charge in [0.15, 0.2) is 0 Å². The minimum atomic E-state index is 0.0203. The lowest BCUT2D eigenvalue weighted by atomic mass is 10.0. The zero-order valence-electron chi connectivity index (χ0n) is 15.4. The van der Waals surface area contributed by atoms with Crippen molar-refractivity contribution in [2.24, 2.45) is 5.92 Å². The SMILES string of the molecule is CC(C)C(CNC(=O)Cc1csc(-c2cccnc2)n1)N1CCOCC1. The second-order valence-corrected chi connectivity index (χ2v) is 7.68. The molecule has 0 spiro atoms. The van der Waals surface area contributed by atoms with E-state index in [2.05, 4.69) is 34.0 Å². The smallest absolute Gasteiger partial charge is 0.226 e. The Bertz CT molecular complexity index is 699. The van der Waals surface area contributed by atoms with Gasteiger partial charge < -0.3 is 10.1 Å². The summed E-state index contributed by atoms with van der Waals surface area (Å²) in [5.74, 6) is 0.497. The molecule has 7 heteroatoms. The maximum absolute atomic E-state index is 12.4. The van der Waals surface area contributed by atoms with Crippen LogP contribution in [0.5, 0.6) is 0 Å². The summed E-state index contributed by atoms with van der Waals surface area (Å²) in [6.07, 6.45) is 3.84. The molecule has 0 aliphatic carbocycles. The highest BCUT2D eigenvalue weighted by atomic mass is 32.1. The molecule has 1 aliphatic rings. The highest BCUT2D eigenvalue weighted by Crippen LogP contribution is 2.22. The molecule has 1 aliphatic heterocycles. The number of hydrogen-bond acceptors (Lipinski definition) is 6. The number of amides is 1. The number of thiazole rings is 1. The highest BCUT2D eigenvalue weighted by molar-refractivity contribution is 7.13. The van der Waals surface area contributed by atoms with Gasteiger partial charge >= 0.3 is 0 Å². The molecule has 1 N–H and O–H groups in total. The largest absolute Gasteiger partial charge is 0.379 e. The lowest BCUT2D eigenvalue weighted by molar-refractivity contribution is -0.120. The van der Waals surface area contributed by atoms with E-state index in [4.69, 9.17) is 4.74 Å². The van der Waals surface area contributed by atoms with Crippen molar-refractivity contribution in [3.63, 3.8) is 0 Å². The second-order valence-electron chi connectivity index (χ2n) is 6.83. The first kappa shape index (κ1) is 18.9. The predicted octanol–water partition coefficient (Wildman–Crippen LogP) is 2.22. The lowest BCUT2D eigenvalue weighted by Gasteiger charge is -2.36. The van der Waals surface area contributed by atoms with Crippen molar-refractivity contribution in [1.29, 1.82) is 0 Å². The molecule has 2 aromatic heterocycles. The van der Waals surface area contributed by atoms with Crippen LogP contribution in [-0.4, -0.2) is 59.7 Å². The first-order valence-corrected chi connectivity index (χ1v) is 9.94. The number of hydrogen-bond donors (Lipinski definition) is 1. The molecule has 3 heterocycles. The fraction of sp³-hybridized carbons (Fsp3) is 0.526. The third kappa shape index (κ3) is 5.09. The molecule has 3 rings (SSSR count). The van der Waals surface area contributed by atoms with E-state index in [0.717, 1.165) is 42.6 Å². The van der Waals surface area contributed by atoms with E-state index >= 15 is 0 Å². The summed E-state index contributed by atoms with van der Waals surface area (Å²) in [5.41, 5.74) is 1.79. The van der Waals surface area contributed by atoms with Crippen LogP contribution in [0.4, 0.5) is 0 Å². The van der Waals surface area contributed by atoms with Crippen LogP contribution < -0.4 is 5.32 Å². The van der Waals surface area contributed by atoms with Crippen LogP contribution >= 0.6 is 11.3 Å². The maximum atomic E-state index is 12.4. The molecule has 0 radical (unpaired) electrons. The Balaban J connectivity index is 1.52. The third-order valence-corrected chi connectivity index (χ3v) is 5.53. The van der Waals surface area contributed by atoms with Crippen molar-refractivity contribution >= 4 is 17.2 Å². The van der Waals surface area contributed by atoms with Crippen LogP contribution in [-0.2, 0) is 16.0 Å². The molecule has 140 valence electrons. The average Bonchev–Trinajstić information content (AvgIpc) is 3.11. The standard InChI is InChI=1S/C19H26N4O2S/c1-14(2)17(23-6-8-25-9-7-23)12-21-18(24)10-16-13-26-19(22-16)15-4-3-5-20-11-15/h3-5,11,13-14,17H,6-10,12H2,1-2H3,(H,21,24). The molecule has 1 fully saturated rings. The lowest BCUT2D eigenvalue weighted by Crippen LogP contribution is -2.51. The highest BCUT2D eigenvalue weighted by Gasteiger charge is 2.24. The van der Waals surface area contributed by atoms with Crippen LogP contribution in [0, 0.1) is 5.92 Å². The van der Waals surface area contributed by atoms with Gasteiger partial charge in [0.2, 0.25) is 5.91 Å². The molecule has 0 aromatic carbocycles. The predicted molar refractivity (Wildman–Crippen MR) is 103 cm³/mol. The minimum absolute atomic E-state index is 0.0203. The monoisotopic (exact) mass is 374 g/mol. The zero-order valence-corrected chi connectivity index (χ0v) is 16.2. The first-order chi connectivity index (χ1) is 12.6. The van der Waals surface area contributed by atoms with Gasteiger partial charge in [-0.2, -0.15) is 0 Å². The van der Waals surface area contributed by atoms with Gasteiger partial charge in [0.1, 0.15) is 5.01 Å². The first-order valence-electron chi connectivity index (χ1n) is 9.07. The summed E-state index contributed by atoms with van der Waals surface area (Å²) in [6.45, 7) is 8.47. The number of aromatic nitrogens is 2. The van der Waals surface area contributed by atoms with Crippen molar-refractivity contribution in [1.82, 2.24) is 20.2 Å². The van der Waals surface area contributed by atoms with Gasteiger partial charge in [-0.25, -0.2) is 4.98 Å². The van der Waals surface area contributed by atoms with Crippen LogP contribution in [0.1, 0.15) is 19.5 Å². The fourth-order valence-corrected chi connectivity index (χ4v) is 3.96. The van der Waals surface area contributed by atoms with Gasteiger partial charge in [-0.1, -0.05) is 13.8 Å². The van der Waals surface area contributed by atoms with Gasteiger partial charge in [-0.3, -0.25) is 14.7 Å². The Kier molecular flexibility index (Phi) is 6.71. The van der Waals surface area contributed by atoms with E-state index in [9.17, 15) is 4.79 Å². The number of nitrogens with one attached hydrogen (secondary N) is 1. The molecule has 1 saturated heterocycles. The van der Waals surface area contributed by atoms with E-state index in [1.165, 1.54) is 0 Å². The Hall–Kier alpha value is -1.83. The van der Waals surface area contributed by atoms with E-state index in [1.807, 2.05) is 17.5 Å². The minimum Gasteiger partial charge on any atom is -0.379 e. The maximum Gasteiger partial charge on any atom is 0.226 e. The number of morpholine rings is 1. The molecule has 0 saturated carbocycles. The molecular formula is C19H26N4O2S. The quantitative estimate of drug-likeness (QED) is 0.805. The van der Waals surface area contributed by atoms with Gasteiger partial charge in [-0.05, 0) is 18.1 Å². The van der Waals surface area contributed by atoms with Crippen molar-refractivity contribution in [2.45, 2.75) is 26.3 Å². The van der Waals surface area contributed by atoms with Crippen LogP contribution in [0.15, 0.2) is 29.9 Å². The molecular weight excluding hydrogens is 348 g/mol. The normalized spacial score (nSPS) is 16.6. The summed E-state index contributed by atoms with van der Waals surface area (Å²) in [7, 11) is 0. The third-order valence-electron chi connectivity index (χ3n) is 4.59. The summed E-state index contributed by atoms with van der Waals surface area (Å²) in [6, 6.07) is 4.20. The molecule has 1 amide bonds. The molecule has 2 aromatic rings. The van der Waals surface area contributed by atoms with Gasteiger partial charge in [0.25, 0.3) is 0 Å². The summed E-state index contributed by atoms with van der Waals surface area (Å²) < 4.78 is 5.43. The summed E-state index contributed by atoms with van der Waals surface area (Å²) >= 11 is 1.54. The summed E-state index contributed by atoms with van der Waals surface area (Å²) in [4.78, 5) is 23.5. The topological polar surface area (TPSA) is 67.4 Å². The Morgan fingerprint density at radius 2 is 2.19 bits per heavy atom. The van der Waals surface area contributed by atoms with Crippen LogP contribution in [0.3, 0.4) is 0 Å². The molecule has 6 nitrogen and oxygen atoms in total. The number of pyridine rings is 1. The zero-order chi connectivity index (χ0) is 18.4. The average molecular weight is 375 g/mol. The van der Waals surface area contributed by atoms with E-state index in [1.54, 1.807) is 23.7 Å². The summed E-state index contributed by atoms with van der Waals surface area (Å²) in [5, 5.41) is 5.94. The molecule has 26 heavy (non-hydrogen) atoms. The van der Waals surface area contributed by atoms with E-state index < -0.39 is 0 Å². The van der Waals surface area contributed by atoms with Crippen molar-refractivity contribution in [3.8, 4) is 10.6 Å². The van der Waals surface area contributed by atoms with Crippen molar-refractivity contribution < 1.29 is 9.53 Å². The Morgan fingerprint density at radius 1 is 1.38 bits per heavy atom. The fourth-order valence-electron chi connectivity index (χ4n) is 3.15. The van der Waals surface area contributed by atoms with Crippen LogP contribution in [0.25, 0.3) is 10.6 Å². The van der Waals surface area contributed by atoms with Crippen molar-refractivity contribution in [2.75, 3.05) is 32.8 Å². The van der Waals surface area contributed by atoms with Crippen LogP contribution in [0.2, 0.25) is 0 Å². The van der Waals surface area contributed by atoms with E-state index in [0.29, 0.717) is 24.9 Å². The molecule has 1 atom stereocenters. The van der Waals surface area contributed by atoms with Gasteiger partial charge in [0, 0.05) is 49.0 Å². The van der Waals surface area contributed by atoms with Crippen molar-refractivity contribution in [3.05, 3.63) is 35.6 Å². The van der Waals surface area contributed by atoms with E-state index in [-0.39, 0.29) is 5.91 Å². The van der Waals surface area contributed by atoms with Gasteiger partial charge in [0.05, 0.1) is 25.3 Å². The van der Waals surface area contributed by atoms with Gasteiger partial charge in [-0.15, -0.1) is 11.3 Å². The Labute approximate surface area is 158 Å². The number of rotatable bonds is 7. The molecule has 1 unspecified atom stereocenters. The Morgan fingerprint density at radius 3 is 2.88 bits per heavy atom. The second kappa shape index (κ2) is 9.21. The molecule has 0 bridgehead atoms. The number of carbonyl (C=O) groups excluding carboxylic acids is 1. The number of carbonyl (C=O) groups is 1.